The number of carbonyl (C=O) groups excluding carboxylic acids is 1. The van der Waals surface area contributed by atoms with Gasteiger partial charge in [-0.15, -0.1) is 0 Å². The Bertz CT molecular complexity index is 533. The fourth-order valence-electron chi connectivity index (χ4n) is 1.82. The van der Waals surface area contributed by atoms with Crippen LogP contribution in [0.15, 0.2) is 18.2 Å². The van der Waals surface area contributed by atoms with Crippen LogP contribution in [0.5, 0.6) is 0 Å². The van der Waals surface area contributed by atoms with Crippen LogP contribution in [0.2, 0.25) is 5.02 Å². The lowest BCUT2D eigenvalue weighted by Crippen LogP contribution is -2.07. The van der Waals surface area contributed by atoms with Crippen molar-refractivity contribution in [2.45, 2.75) is 26.3 Å². The van der Waals surface area contributed by atoms with Crippen molar-refractivity contribution in [2.24, 2.45) is 0 Å². The van der Waals surface area contributed by atoms with Crippen molar-refractivity contribution in [3.63, 3.8) is 0 Å². The molecule has 0 bridgehead atoms. The van der Waals surface area contributed by atoms with Gasteiger partial charge < -0.3 is 4.57 Å². The summed E-state index contributed by atoms with van der Waals surface area (Å²) in [4.78, 5) is 15.3. The Kier molecular flexibility index (Phi) is 2.97. The lowest BCUT2D eigenvalue weighted by atomic mass is 10.2. The molecule has 0 amide bonds. The van der Waals surface area contributed by atoms with Crippen LogP contribution in [0, 0.1) is 0 Å². The van der Waals surface area contributed by atoms with Crippen molar-refractivity contribution in [3.05, 3.63) is 29.0 Å². The zero-order valence-corrected chi connectivity index (χ0v) is 10.0. The molecule has 0 saturated heterocycles. The molecule has 4 heteroatoms. The van der Waals surface area contributed by atoms with Gasteiger partial charge in [0, 0.05) is 11.1 Å². The summed E-state index contributed by atoms with van der Waals surface area (Å²) in [5.41, 5.74) is 1.73. The predicted octanol–water partition coefficient (Wildman–Crippen LogP) is 3.47. The molecular formula is C12H13ClN2O. The topological polar surface area (TPSA) is 34.9 Å². The third kappa shape index (κ3) is 1.71. The third-order valence-electron chi connectivity index (χ3n) is 2.82. The summed E-state index contributed by atoms with van der Waals surface area (Å²) in [6.45, 7) is 4.16. The standard InChI is InChI=1S/C12H13ClN2O/c1-3-8(2)15-11-5-4-9(13)6-10(11)14-12(15)7-16/h4-8H,3H2,1-2H3/t8-/m1/s1. The minimum Gasteiger partial charge on any atom is -0.319 e. The zero-order chi connectivity index (χ0) is 11.7. The van der Waals surface area contributed by atoms with Gasteiger partial charge in [0.1, 0.15) is 0 Å². The van der Waals surface area contributed by atoms with Gasteiger partial charge in [0.25, 0.3) is 0 Å². The quantitative estimate of drug-likeness (QED) is 0.765. The highest BCUT2D eigenvalue weighted by Crippen LogP contribution is 2.24. The molecule has 1 heterocycles. The highest BCUT2D eigenvalue weighted by molar-refractivity contribution is 6.31. The average molecular weight is 237 g/mol. The lowest BCUT2D eigenvalue weighted by Gasteiger charge is -2.13. The van der Waals surface area contributed by atoms with Crippen molar-refractivity contribution in [1.82, 2.24) is 9.55 Å². The molecule has 0 aliphatic rings. The van der Waals surface area contributed by atoms with Crippen LogP contribution in [-0.4, -0.2) is 15.8 Å². The van der Waals surface area contributed by atoms with Gasteiger partial charge in [-0.05, 0) is 31.5 Å². The van der Waals surface area contributed by atoms with E-state index in [0.717, 1.165) is 23.7 Å². The molecule has 1 aromatic carbocycles. The third-order valence-corrected chi connectivity index (χ3v) is 3.05. The first-order valence-electron chi connectivity index (χ1n) is 5.30. The summed E-state index contributed by atoms with van der Waals surface area (Å²) in [7, 11) is 0. The van der Waals surface area contributed by atoms with E-state index >= 15 is 0 Å². The van der Waals surface area contributed by atoms with Gasteiger partial charge in [-0.25, -0.2) is 4.98 Å². The number of aldehydes is 1. The van der Waals surface area contributed by atoms with Crippen molar-refractivity contribution in [2.75, 3.05) is 0 Å². The molecule has 2 rings (SSSR count). The van der Waals surface area contributed by atoms with Crippen LogP contribution >= 0.6 is 11.6 Å². The molecule has 16 heavy (non-hydrogen) atoms. The van der Waals surface area contributed by atoms with E-state index in [9.17, 15) is 4.79 Å². The van der Waals surface area contributed by atoms with E-state index in [1.165, 1.54) is 0 Å². The molecule has 0 fully saturated rings. The Labute approximate surface area is 99.0 Å². The average Bonchev–Trinajstić information content (AvgIpc) is 2.65. The van der Waals surface area contributed by atoms with E-state index in [0.29, 0.717) is 10.8 Å². The maximum absolute atomic E-state index is 11.0. The van der Waals surface area contributed by atoms with Crippen LogP contribution in [-0.2, 0) is 0 Å². The maximum Gasteiger partial charge on any atom is 0.185 e. The Morgan fingerprint density at radius 1 is 1.56 bits per heavy atom. The van der Waals surface area contributed by atoms with Crippen LogP contribution < -0.4 is 0 Å². The molecule has 1 aromatic heterocycles. The molecule has 0 aliphatic heterocycles. The fraction of sp³-hybridized carbons (Fsp3) is 0.333. The second-order valence-corrected chi connectivity index (χ2v) is 4.28. The van der Waals surface area contributed by atoms with Gasteiger partial charge in [0.05, 0.1) is 11.0 Å². The van der Waals surface area contributed by atoms with Crippen LogP contribution in [0.4, 0.5) is 0 Å². The van der Waals surface area contributed by atoms with Gasteiger partial charge in [0.15, 0.2) is 12.1 Å². The highest BCUT2D eigenvalue weighted by atomic mass is 35.5. The monoisotopic (exact) mass is 236 g/mol. The van der Waals surface area contributed by atoms with E-state index < -0.39 is 0 Å². The Hall–Kier alpha value is -1.35. The van der Waals surface area contributed by atoms with Crippen LogP contribution in [0.25, 0.3) is 11.0 Å². The summed E-state index contributed by atoms with van der Waals surface area (Å²) in [6.07, 6.45) is 1.75. The number of aromatic nitrogens is 2. The first-order chi connectivity index (χ1) is 7.67. The number of carbonyl (C=O) groups is 1. The van der Waals surface area contributed by atoms with Gasteiger partial charge in [-0.2, -0.15) is 0 Å². The molecule has 0 N–H and O–H groups in total. The Balaban J connectivity index is 2.73. The van der Waals surface area contributed by atoms with Gasteiger partial charge in [-0.3, -0.25) is 4.79 Å². The molecule has 0 unspecified atom stereocenters. The zero-order valence-electron chi connectivity index (χ0n) is 9.27. The first-order valence-corrected chi connectivity index (χ1v) is 5.67. The Morgan fingerprint density at radius 2 is 2.31 bits per heavy atom. The van der Waals surface area contributed by atoms with E-state index in [4.69, 9.17) is 11.6 Å². The predicted molar refractivity (Wildman–Crippen MR) is 65.1 cm³/mol. The van der Waals surface area contributed by atoms with Crippen LogP contribution in [0.1, 0.15) is 36.9 Å². The van der Waals surface area contributed by atoms with Gasteiger partial charge >= 0.3 is 0 Å². The lowest BCUT2D eigenvalue weighted by molar-refractivity contribution is 0.111. The molecule has 0 spiro atoms. The number of fused-ring (bicyclic) bond motifs is 1. The second-order valence-electron chi connectivity index (χ2n) is 3.85. The molecule has 0 aliphatic carbocycles. The van der Waals surface area contributed by atoms with E-state index in [1.807, 2.05) is 16.7 Å². The van der Waals surface area contributed by atoms with Crippen molar-refractivity contribution >= 4 is 28.9 Å². The number of nitrogens with zero attached hydrogens (tertiary/aromatic N) is 2. The number of benzene rings is 1. The summed E-state index contributed by atoms with van der Waals surface area (Å²) in [6, 6.07) is 5.76. The maximum atomic E-state index is 11.0. The number of halogens is 1. The smallest absolute Gasteiger partial charge is 0.185 e. The first kappa shape index (κ1) is 11.1. The van der Waals surface area contributed by atoms with Crippen molar-refractivity contribution in [3.8, 4) is 0 Å². The summed E-state index contributed by atoms with van der Waals surface area (Å²) in [5, 5.41) is 0.638. The molecule has 0 radical (unpaired) electrons. The van der Waals surface area contributed by atoms with E-state index in [2.05, 4.69) is 18.8 Å². The van der Waals surface area contributed by atoms with Gasteiger partial charge in [-0.1, -0.05) is 18.5 Å². The molecule has 0 saturated carbocycles. The minimum absolute atomic E-state index is 0.256. The van der Waals surface area contributed by atoms with Crippen LogP contribution in [0.3, 0.4) is 0 Å². The molecule has 1 atom stereocenters. The molecule has 2 aromatic rings. The second kappa shape index (κ2) is 4.26. The summed E-state index contributed by atoms with van der Waals surface area (Å²) in [5.74, 6) is 0.464. The van der Waals surface area contributed by atoms with Gasteiger partial charge in [0.2, 0.25) is 0 Å². The normalized spacial score (nSPS) is 12.9. The molecule has 84 valence electrons. The Morgan fingerprint density at radius 3 is 2.94 bits per heavy atom. The molecular weight excluding hydrogens is 224 g/mol. The van der Waals surface area contributed by atoms with Crippen molar-refractivity contribution < 1.29 is 4.79 Å². The fourth-order valence-corrected chi connectivity index (χ4v) is 1.99. The SMILES string of the molecule is CC[C@@H](C)n1c(C=O)nc2cc(Cl)ccc21. The largest absolute Gasteiger partial charge is 0.319 e. The number of rotatable bonds is 3. The number of hydrogen-bond donors (Lipinski definition) is 0. The minimum atomic E-state index is 0.256. The number of imidazole rings is 1. The number of hydrogen-bond acceptors (Lipinski definition) is 2. The summed E-state index contributed by atoms with van der Waals surface area (Å²) < 4.78 is 1.96. The van der Waals surface area contributed by atoms with Crippen molar-refractivity contribution in [1.29, 1.82) is 0 Å². The van der Waals surface area contributed by atoms with E-state index in [1.54, 1.807) is 6.07 Å². The van der Waals surface area contributed by atoms with E-state index in [-0.39, 0.29) is 6.04 Å². The molecule has 3 nitrogen and oxygen atoms in total. The summed E-state index contributed by atoms with van der Waals surface area (Å²) >= 11 is 5.90. The highest BCUT2D eigenvalue weighted by Gasteiger charge is 2.14.